The molecule has 1 aromatic rings. The molecule has 0 atom stereocenters. The third-order valence-electron chi connectivity index (χ3n) is 2.97. The van der Waals surface area contributed by atoms with Crippen molar-refractivity contribution in [3.05, 3.63) is 29.8 Å². The topological polar surface area (TPSA) is 79.5 Å². The van der Waals surface area contributed by atoms with Gasteiger partial charge in [0.2, 0.25) is 5.91 Å². The van der Waals surface area contributed by atoms with Gasteiger partial charge in [0.15, 0.2) is 5.96 Å². The standard InChI is InChI=1S/C16H26N4O.HI/c1-5-12-7-6-8-13(11-12)20-15(17)19-10-9-18-14(21)16(2,3)4;/h6-8,11H,5,9-10H2,1-4H3,(H,18,21)(H3,17,19,20);1H. The molecule has 6 heteroatoms. The predicted octanol–water partition coefficient (Wildman–Crippen LogP) is 2.76. The molecule has 0 saturated heterocycles. The Morgan fingerprint density at radius 1 is 1.32 bits per heavy atom. The van der Waals surface area contributed by atoms with Gasteiger partial charge in [-0.1, -0.05) is 39.8 Å². The lowest BCUT2D eigenvalue weighted by atomic mass is 9.96. The van der Waals surface area contributed by atoms with E-state index in [0.717, 1.165) is 12.1 Å². The summed E-state index contributed by atoms with van der Waals surface area (Å²) >= 11 is 0. The van der Waals surface area contributed by atoms with Gasteiger partial charge in [0.1, 0.15) is 0 Å². The van der Waals surface area contributed by atoms with Crippen molar-refractivity contribution in [2.45, 2.75) is 34.1 Å². The van der Waals surface area contributed by atoms with Gasteiger partial charge in [-0.25, -0.2) is 0 Å². The predicted molar refractivity (Wildman–Crippen MR) is 104 cm³/mol. The maximum Gasteiger partial charge on any atom is 0.225 e. The Morgan fingerprint density at radius 3 is 2.59 bits per heavy atom. The van der Waals surface area contributed by atoms with Crippen LogP contribution in [0.25, 0.3) is 0 Å². The van der Waals surface area contributed by atoms with Crippen molar-refractivity contribution in [1.29, 1.82) is 0 Å². The molecule has 4 N–H and O–H groups in total. The van der Waals surface area contributed by atoms with E-state index in [4.69, 9.17) is 5.73 Å². The molecule has 0 aliphatic carbocycles. The third kappa shape index (κ3) is 7.63. The maximum atomic E-state index is 11.7. The fraction of sp³-hybridized carbons (Fsp3) is 0.500. The van der Waals surface area contributed by atoms with Crippen LogP contribution in [0.4, 0.5) is 5.69 Å². The van der Waals surface area contributed by atoms with Gasteiger partial charge in [-0.2, -0.15) is 0 Å². The zero-order valence-electron chi connectivity index (χ0n) is 13.8. The number of hydrogen-bond donors (Lipinski definition) is 3. The first-order valence-corrected chi connectivity index (χ1v) is 7.27. The van der Waals surface area contributed by atoms with Crippen LogP contribution in [0.15, 0.2) is 29.3 Å². The number of aliphatic imine (C=N–C) groups is 1. The molecule has 5 nitrogen and oxygen atoms in total. The molecular weight excluding hydrogens is 391 g/mol. The highest BCUT2D eigenvalue weighted by Crippen LogP contribution is 2.12. The van der Waals surface area contributed by atoms with Crippen molar-refractivity contribution in [3.8, 4) is 0 Å². The number of nitrogens with one attached hydrogen (secondary N) is 2. The summed E-state index contributed by atoms with van der Waals surface area (Å²) in [7, 11) is 0. The van der Waals surface area contributed by atoms with Crippen LogP contribution in [0.1, 0.15) is 33.3 Å². The van der Waals surface area contributed by atoms with Crippen molar-refractivity contribution in [2.24, 2.45) is 16.1 Å². The molecule has 0 fully saturated rings. The SMILES string of the molecule is CCc1cccc(NC(N)=NCCNC(=O)C(C)(C)C)c1.I. The van der Waals surface area contributed by atoms with Crippen LogP contribution in [0, 0.1) is 5.41 Å². The molecular formula is C16H27IN4O. The molecule has 0 saturated carbocycles. The number of benzene rings is 1. The molecule has 1 aromatic carbocycles. The summed E-state index contributed by atoms with van der Waals surface area (Å²) in [6, 6.07) is 8.05. The Kier molecular flexibility index (Phi) is 9.08. The number of amides is 1. The number of carbonyl (C=O) groups excluding carboxylic acids is 1. The Bertz CT molecular complexity index is 509. The molecule has 0 radical (unpaired) electrons. The second kappa shape index (κ2) is 9.66. The Balaban J connectivity index is 0.00000441. The fourth-order valence-corrected chi connectivity index (χ4v) is 1.67. The van der Waals surface area contributed by atoms with Crippen LogP contribution >= 0.6 is 24.0 Å². The molecule has 0 spiro atoms. The number of hydrogen-bond acceptors (Lipinski definition) is 2. The smallest absolute Gasteiger partial charge is 0.225 e. The molecule has 0 bridgehead atoms. The van der Waals surface area contributed by atoms with Crippen LogP contribution in [0.5, 0.6) is 0 Å². The third-order valence-corrected chi connectivity index (χ3v) is 2.97. The molecule has 1 rings (SSSR count). The van der Waals surface area contributed by atoms with Crippen LogP contribution in [-0.2, 0) is 11.2 Å². The number of carbonyl (C=O) groups is 1. The van der Waals surface area contributed by atoms with Crippen molar-refractivity contribution in [1.82, 2.24) is 5.32 Å². The second-order valence-corrected chi connectivity index (χ2v) is 5.95. The number of guanidine groups is 1. The van der Waals surface area contributed by atoms with E-state index in [9.17, 15) is 4.79 Å². The summed E-state index contributed by atoms with van der Waals surface area (Å²) in [6.45, 7) is 8.67. The van der Waals surface area contributed by atoms with E-state index in [2.05, 4.69) is 28.6 Å². The first-order valence-electron chi connectivity index (χ1n) is 7.27. The average Bonchev–Trinajstić information content (AvgIpc) is 2.42. The van der Waals surface area contributed by atoms with E-state index in [-0.39, 0.29) is 35.3 Å². The van der Waals surface area contributed by atoms with Crippen LogP contribution in [0.2, 0.25) is 0 Å². The minimum Gasteiger partial charge on any atom is -0.370 e. The van der Waals surface area contributed by atoms with E-state index in [1.807, 2.05) is 39.0 Å². The van der Waals surface area contributed by atoms with E-state index >= 15 is 0 Å². The first-order chi connectivity index (χ1) is 9.82. The summed E-state index contributed by atoms with van der Waals surface area (Å²) in [5.74, 6) is 0.369. The molecule has 0 heterocycles. The van der Waals surface area contributed by atoms with Gasteiger partial charge in [-0.05, 0) is 24.1 Å². The van der Waals surface area contributed by atoms with E-state index < -0.39 is 0 Å². The molecule has 1 amide bonds. The zero-order valence-corrected chi connectivity index (χ0v) is 16.1. The van der Waals surface area contributed by atoms with Crippen molar-refractivity contribution in [3.63, 3.8) is 0 Å². The highest BCUT2D eigenvalue weighted by atomic mass is 127. The molecule has 0 aromatic heterocycles. The zero-order chi connectivity index (χ0) is 15.9. The Morgan fingerprint density at radius 2 is 2.00 bits per heavy atom. The number of rotatable bonds is 5. The monoisotopic (exact) mass is 418 g/mol. The summed E-state index contributed by atoms with van der Waals surface area (Å²) < 4.78 is 0. The summed E-state index contributed by atoms with van der Waals surface area (Å²) in [4.78, 5) is 15.9. The van der Waals surface area contributed by atoms with Crippen molar-refractivity contribution >= 4 is 41.5 Å². The first kappa shape index (κ1) is 20.7. The second-order valence-electron chi connectivity index (χ2n) is 5.95. The van der Waals surface area contributed by atoms with Gasteiger partial charge in [-0.15, -0.1) is 24.0 Å². The van der Waals surface area contributed by atoms with Gasteiger partial charge in [0.05, 0.1) is 6.54 Å². The highest BCUT2D eigenvalue weighted by Gasteiger charge is 2.19. The number of halogens is 1. The normalized spacial score (nSPS) is 11.5. The number of nitrogens with two attached hydrogens (primary N) is 1. The average molecular weight is 418 g/mol. The minimum absolute atomic E-state index is 0. The van der Waals surface area contributed by atoms with E-state index in [0.29, 0.717) is 19.0 Å². The van der Waals surface area contributed by atoms with Gasteiger partial charge < -0.3 is 16.4 Å². The molecule has 0 aliphatic rings. The van der Waals surface area contributed by atoms with Gasteiger partial charge >= 0.3 is 0 Å². The Labute approximate surface area is 150 Å². The summed E-state index contributed by atoms with van der Waals surface area (Å²) in [5.41, 5.74) is 7.61. The minimum atomic E-state index is -0.381. The van der Waals surface area contributed by atoms with Crippen LogP contribution < -0.4 is 16.4 Å². The summed E-state index contributed by atoms with van der Waals surface area (Å²) in [5, 5.41) is 5.88. The fourth-order valence-electron chi connectivity index (χ4n) is 1.67. The molecule has 124 valence electrons. The lowest BCUT2D eigenvalue weighted by Crippen LogP contribution is -2.36. The number of nitrogens with zero attached hydrogens (tertiary/aromatic N) is 1. The molecule has 22 heavy (non-hydrogen) atoms. The number of aryl methyl sites for hydroxylation is 1. The summed E-state index contributed by atoms with van der Waals surface area (Å²) in [6.07, 6.45) is 0.978. The largest absolute Gasteiger partial charge is 0.370 e. The molecule has 0 aliphatic heterocycles. The molecule has 0 unspecified atom stereocenters. The van der Waals surface area contributed by atoms with E-state index in [1.165, 1.54) is 5.56 Å². The maximum absolute atomic E-state index is 11.7. The van der Waals surface area contributed by atoms with Crippen LogP contribution in [-0.4, -0.2) is 25.0 Å². The highest BCUT2D eigenvalue weighted by molar-refractivity contribution is 14.0. The number of anilines is 1. The quantitative estimate of drug-likeness (QED) is 0.298. The lowest BCUT2D eigenvalue weighted by molar-refractivity contribution is -0.128. The van der Waals surface area contributed by atoms with Crippen molar-refractivity contribution in [2.75, 3.05) is 18.4 Å². The van der Waals surface area contributed by atoms with Crippen molar-refractivity contribution < 1.29 is 4.79 Å². The van der Waals surface area contributed by atoms with Gasteiger partial charge in [-0.3, -0.25) is 9.79 Å². The van der Waals surface area contributed by atoms with Gasteiger partial charge in [0, 0.05) is 17.6 Å². The lowest BCUT2D eigenvalue weighted by Gasteiger charge is -2.17. The van der Waals surface area contributed by atoms with Crippen LogP contribution in [0.3, 0.4) is 0 Å². The van der Waals surface area contributed by atoms with Gasteiger partial charge in [0.25, 0.3) is 0 Å². The van der Waals surface area contributed by atoms with E-state index in [1.54, 1.807) is 0 Å². The Hall–Kier alpha value is -1.31.